The van der Waals surface area contributed by atoms with Gasteiger partial charge in [-0.05, 0) is 12.7 Å². The molecular formula is C9H12N2O2S3. The van der Waals surface area contributed by atoms with Crippen LogP contribution >= 0.6 is 34.9 Å². The predicted octanol–water partition coefficient (Wildman–Crippen LogP) is 2.77. The standard InChI is InChI=1S/C9H12N2O2S3/c1-3-6(7(12)13)4-5-15-9-11-10-8(14-2)16-9/h4H,3,5H2,1-2H3,(H,12,13). The second-order valence-electron chi connectivity index (χ2n) is 2.74. The topological polar surface area (TPSA) is 63.1 Å². The number of hydrogen-bond acceptors (Lipinski definition) is 6. The Bertz CT molecular complexity index is 390. The highest BCUT2D eigenvalue weighted by Crippen LogP contribution is 2.27. The lowest BCUT2D eigenvalue weighted by atomic mass is 10.2. The van der Waals surface area contributed by atoms with E-state index in [4.69, 9.17) is 5.11 Å². The third-order valence-corrected chi connectivity index (χ3v) is 4.71. The molecule has 0 radical (unpaired) electrons. The molecule has 4 nitrogen and oxygen atoms in total. The van der Waals surface area contributed by atoms with Gasteiger partial charge in [-0.15, -0.1) is 10.2 Å². The number of rotatable bonds is 6. The van der Waals surface area contributed by atoms with Gasteiger partial charge in [0.15, 0.2) is 8.68 Å². The quantitative estimate of drug-likeness (QED) is 0.637. The zero-order valence-electron chi connectivity index (χ0n) is 8.97. The monoisotopic (exact) mass is 276 g/mol. The first kappa shape index (κ1) is 13.5. The molecule has 16 heavy (non-hydrogen) atoms. The molecule has 88 valence electrons. The Labute approximate surface area is 107 Å². The second-order valence-corrected chi connectivity index (χ2v) is 6.04. The van der Waals surface area contributed by atoms with Crippen LogP contribution in [0, 0.1) is 0 Å². The molecule has 0 saturated heterocycles. The summed E-state index contributed by atoms with van der Waals surface area (Å²) in [7, 11) is 0. The zero-order valence-corrected chi connectivity index (χ0v) is 11.4. The summed E-state index contributed by atoms with van der Waals surface area (Å²) in [5.74, 6) is -0.219. The Hall–Kier alpha value is -0.530. The minimum Gasteiger partial charge on any atom is -0.478 e. The highest BCUT2D eigenvalue weighted by molar-refractivity contribution is 8.03. The van der Waals surface area contributed by atoms with Gasteiger partial charge < -0.3 is 5.11 Å². The normalized spacial score (nSPS) is 11.8. The van der Waals surface area contributed by atoms with Gasteiger partial charge in [-0.1, -0.05) is 47.9 Å². The lowest BCUT2D eigenvalue weighted by molar-refractivity contribution is -0.132. The summed E-state index contributed by atoms with van der Waals surface area (Å²) in [5, 5.41) is 16.8. The fourth-order valence-corrected chi connectivity index (χ4v) is 3.30. The molecule has 0 amide bonds. The van der Waals surface area contributed by atoms with Crippen LogP contribution in [-0.4, -0.2) is 33.3 Å². The van der Waals surface area contributed by atoms with Gasteiger partial charge in [0.1, 0.15) is 0 Å². The molecule has 0 aromatic carbocycles. The van der Waals surface area contributed by atoms with Crippen LogP contribution in [0.15, 0.2) is 20.3 Å². The number of nitrogens with zero attached hydrogens (tertiary/aromatic N) is 2. The first-order chi connectivity index (χ1) is 7.67. The molecule has 7 heteroatoms. The maximum absolute atomic E-state index is 10.7. The number of hydrogen-bond donors (Lipinski definition) is 1. The Kier molecular flexibility index (Phi) is 5.86. The second kappa shape index (κ2) is 6.93. The summed E-state index contributed by atoms with van der Waals surface area (Å²) >= 11 is 4.60. The predicted molar refractivity (Wildman–Crippen MR) is 68.4 cm³/mol. The van der Waals surface area contributed by atoms with E-state index in [1.165, 1.54) is 23.1 Å². The largest absolute Gasteiger partial charge is 0.478 e. The number of aromatic nitrogens is 2. The molecule has 0 saturated carbocycles. The molecule has 0 spiro atoms. The highest BCUT2D eigenvalue weighted by Gasteiger charge is 2.05. The summed E-state index contributed by atoms with van der Waals surface area (Å²) in [4.78, 5) is 10.7. The number of carbonyl (C=O) groups is 1. The van der Waals surface area contributed by atoms with E-state index in [0.29, 0.717) is 17.7 Å². The summed E-state index contributed by atoms with van der Waals surface area (Å²) < 4.78 is 1.81. The number of carboxylic acids is 1. The van der Waals surface area contributed by atoms with Crippen molar-refractivity contribution in [3.8, 4) is 0 Å². The van der Waals surface area contributed by atoms with Crippen molar-refractivity contribution in [1.29, 1.82) is 0 Å². The van der Waals surface area contributed by atoms with Crippen molar-refractivity contribution in [3.05, 3.63) is 11.6 Å². The molecule has 1 N–H and O–H groups in total. The Balaban J connectivity index is 2.48. The first-order valence-corrected chi connectivity index (χ1v) is 7.62. The van der Waals surface area contributed by atoms with E-state index in [-0.39, 0.29) is 0 Å². The van der Waals surface area contributed by atoms with Gasteiger partial charge in [-0.2, -0.15) is 0 Å². The summed E-state index contributed by atoms with van der Waals surface area (Å²) in [5.41, 5.74) is 0.446. The van der Waals surface area contributed by atoms with E-state index in [1.807, 2.05) is 13.2 Å². The van der Waals surface area contributed by atoms with Crippen LogP contribution in [0.2, 0.25) is 0 Å². The van der Waals surface area contributed by atoms with Gasteiger partial charge in [-0.3, -0.25) is 0 Å². The van der Waals surface area contributed by atoms with E-state index < -0.39 is 5.97 Å². The van der Waals surface area contributed by atoms with Crippen LogP contribution in [0.5, 0.6) is 0 Å². The molecule has 1 aromatic rings. The van der Waals surface area contributed by atoms with Crippen LogP contribution < -0.4 is 0 Å². The van der Waals surface area contributed by atoms with E-state index in [1.54, 1.807) is 17.8 Å². The number of carboxylic acid groups (broad SMARTS) is 1. The number of thioether (sulfide) groups is 2. The average Bonchev–Trinajstić information content (AvgIpc) is 2.71. The van der Waals surface area contributed by atoms with Crippen LogP contribution in [-0.2, 0) is 4.79 Å². The Morgan fingerprint density at radius 1 is 1.50 bits per heavy atom. The van der Waals surface area contributed by atoms with E-state index in [0.717, 1.165) is 8.68 Å². The third-order valence-electron chi connectivity index (χ3n) is 1.75. The lowest BCUT2D eigenvalue weighted by Crippen LogP contribution is -1.99. The van der Waals surface area contributed by atoms with Crippen LogP contribution in [0.1, 0.15) is 13.3 Å². The molecule has 0 aliphatic carbocycles. The van der Waals surface area contributed by atoms with Crippen molar-refractivity contribution in [2.75, 3.05) is 12.0 Å². The fraction of sp³-hybridized carbons (Fsp3) is 0.444. The molecule has 0 fully saturated rings. The average molecular weight is 276 g/mol. The smallest absolute Gasteiger partial charge is 0.331 e. The molecule has 0 unspecified atom stereocenters. The SMILES string of the molecule is CCC(=CCSc1nnc(SC)s1)C(=O)O. The summed E-state index contributed by atoms with van der Waals surface area (Å²) in [6.45, 7) is 1.83. The van der Waals surface area contributed by atoms with Gasteiger partial charge >= 0.3 is 5.97 Å². The molecule has 0 aliphatic rings. The van der Waals surface area contributed by atoms with Gasteiger partial charge in [0.25, 0.3) is 0 Å². The molecule has 1 aromatic heterocycles. The van der Waals surface area contributed by atoms with Gasteiger partial charge in [0, 0.05) is 11.3 Å². The molecule has 1 rings (SSSR count). The Morgan fingerprint density at radius 2 is 2.19 bits per heavy atom. The number of aliphatic carboxylic acids is 1. The maximum atomic E-state index is 10.7. The van der Waals surface area contributed by atoms with E-state index in [9.17, 15) is 4.79 Å². The minimum atomic E-state index is -0.842. The van der Waals surface area contributed by atoms with Crippen molar-refractivity contribution >= 4 is 40.8 Å². The van der Waals surface area contributed by atoms with Crippen LogP contribution in [0.3, 0.4) is 0 Å². The van der Waals surface area contributed by atoms with Gasteiger partial charge in [0.05, 0.1) is 0 Å². The maximum Gasteiger partial charge on any atom is 0.331 e. The van der Waals surface area contributed by atoms with Crippen molar-refractivity contribution in [2.24, 2.45) is 0 Å². The van der Waals surface area contributed by atoms with Gasteiger partial charge in [0.2, 0.25) is 0 Å². The first-order valence-electron chi connectivity index (χ1n) is 4.60. The summed E-state index contributed by atoms with van der Waals surface area (Å²) in [6.07, 6.45) is 4.23. The van der Waals surface area contributed by atoms with E-state index >= 15 is 0 Å². The molecule has 0 aliphatic heterocycles. The Morgan fingerprint density at radius 3 is 2.69 bits per heavy atom. The molecular weight excluding hydrogens is 264 g/mol. The lowest BCUT2D eigenvalue weighted by Gasteiger charge is -1.96. The van der Waals surface area contributed by atoms with Gasteiger partial charge in [-0.25, -0.2) is 4.79 Å². The molecule has 1 heterocycles. The van der Waals surface area contributed by atoms with Crippen molar-refractivity contribution < 1.29 is 9.90 Å². The molecule has 0 bridgehead atoms. The van der Waals surface area contributed by atoms with Crippen LogP contribution in [0.4, 0.5) is 0 Å². The third kappa shape index (κ3) is 4.15. The highest BCUT2D eigenvalue weighted by atomic mass is 32.2. The van der Waals surface area contributed by atoms with Crippen molar-refractivity contribution in [1.82, 2.24) is 10.2 Å². The zero-order chi connectivity index (χ0) is 12.0. The minimum absolute atomic E-state index is 0.446. The van der Waals surface area contributed by atoms with Crippen molar-refractivity contribution in [3.63, 3.8) is 0 Å². The molecule has 0 atom stereocenters. The van der Waals surface area contributed by atoms with E-state index in [2.05, 4.69) is 10.2 Å². The summed E-state index contributed by atoms with van der Waals surface area (Å²) in [6, 6.07) is 0. The fourth-order valence-electron chi connectivity index (χ4n) is 0.934. The van der Waals surface area contributed by atoms with Crippen LogP contribution in [0.25, 0.3) is 0 Å². The van der Waals surface area contributed by atoms with Crippen molar-refractivity contribution in [2.45, 2.75) is 22.0 Å².